The van der Waals surface area contributed by atoms with Crippen molar-refractivity contribution in [1.29, 1.82) is 0 Å². The maximum absolute atomic E-state index is 12.5. The molecule has 0 heterocycles. The van der Waals surface area contributed by atoms with Crippen molar-refractivity contribution < 1.29 is 19.2 Å². The number of nitrogens with one attached hydrogen (secondary N) is 4. The molecular weight excluding hydrogens is 950 g/mol. The Morgan fingerprint density at radius 1 is 0.536 bits per heavy atom. The Bertz CT molecular complexity index is 2240. The number of hydrogen-bond acceptors (Lipinski definition) is 6. The van der Waals surface area contributed by atoms with Crippen LogP contribution in [0.2, 0.25) is 20.1 Å². The predicted molar refractivity (Wildman–Crippen MR) is 283 cm³/mol. The summed E-state index contributed by atoms with van der Waals surface area (Å²) in [7, 11) is 8.54. The van der Waals surface area contributed by atoms with Gasteiger partial charge in [0.2, 0.25) is 23.6 Å². The summed E-state index contributed by atoms with van der Waals surface area (Å²) in [6.07, 6.45) is 12.2. The molecule has 1 unspecified atom stereocenters. The fraction of sp³-hybridized carbons (Fsp3) is 0.491. The van der Waals surface area contributed by atoms with E-state index in [-0.39, 0.29) is 78.5 Å². The van der Waals surface area contributed by atoms with Crippen LogP contribution in [-0.4, -0.2) is 90.8 Å². The lowest BCUT2D eigenvalue weighted by molar-refractivity contribution is -0.127. The van der Waals surface area contributed by atoms with Gasteiger partial charge in [0.15, 0.2) is 0 Å². The van der Waals surface area contributed by atoms with Crippen LogP contribution in [0.5, 0.6) is 0 Å². The van der Waals surface area contributed by atoms with Crippen LogP contribution in [0.4, 0.5) is 0 Å². The number of benzene rings is 4. The molecule has 1 atom stereocenters. The third kappa shape index (κ3) is 18.8. The molecular formula is C55H72Cl4N6O4. The highest BCUT2D eigenvalue weighted by atomic mass is 35.5. The zero-order valence-electron chi connectivity index (χ0n) is 41.0. The summed E-state index contributed by atoms with van der Waals surface area (Å²) in [5, 5.41) is 14.7. The van der Waals surface area contributed by atoms with Gasteiger partial charge in [0, 0.05) is 81.5 Å². The normalized spacial score (nSPS) is 20.6. The summed E-state index contributed by atoms with van der Waals surface area (Å²) in [4.78, 5) is 54.1. The quantitative estimate of drug-likeness (QED) is 0.0699. The van der Waals surface area contributed by atoms with Crippen LogP contribution in [0.3, 0.4) is 0 Å². The number of carbonyl (C=O) groups excluding carboxylic acids is 4. The second-order valence-corrected chi connectivity index (χ2v) is 21.3. The molecule has 0 radical (unpaired) electrons. The second kappa shape index (κ2) is 27.4. The van der Waals surface area contributed by atoms with Crippen LogP contribution in [0, 0.1) is 0 Å². The van der Waals surface area contributed by atoms with E-state index in [1.807, 2.05) is 55.5 Å². The Morgan fingerprint density at radius 3 is 1.54 bits per heavy atom. The Balaban J connectivity index is 0.000000258. The Kier molecular flexibility index (Phi) is 22.2. The van der Waals surface area contributed by atoms with Gasteiger partial charge in [0.1, 0.15) is 0 Å². The topological polar surface area (TPSA) is 123 Å². The van der Waals surface area contributed by atoms with Crippen LogP contribution in [-0.2, 0) is 45.0 Å². The molecule has 0 aliphatic heterocycles. The van der Waals surface area contributed by atoms with Gasteiger partial charge in [0.25, 0.3) is 0 Å². The van der Waals surface area contributed by atoms with Crippen molar-refractivity contribution in [3.8, 4) is 0 Å². The van der Waals surface area contributed by atoms with Gasteiger partial charge in [-0.05, 0) is 177 Å². The summed E-state index contributed by atoms with van der Waals surface area (Å²) in [5.74, 6) is -0.350. The molecule has 10 nitrogen and oxygen atoms in total. The molecule has 0 saturated heterocycles. The first kappa shape index (κ1) is 55.8. The Morgan fingerprint density at radius 2 is 1.01 bits per heavy atom. The Labute approximate surface area is 430 Å². The van der Waals surface area contributed by atoms with E-state index in [4.69, 9.17) is 46.4 Å². The van der Waals surface area contributed by atoms with Gasteiger partial charge in [0.05, 0.1) is 0 Å². The van der Waals surface area contributed by atoms with Gasteiger partial charge in [-0.3, -0.25) is 19.2 Å². The molecule has 14 heteroatoms. The summed E-state index contributed by atoms with van der Waals surface area (Å²) >= 11 is 24.2. The van der Waals surface area contributed by atoms with Crippen molar-refractivity contribution in [2.45, 2.75) is 145 Å². The smallest absolute Gasteiger partial charge is 0.220 e. The number of halogens is 4. The maximum atomic E-state index is 12.5. The number of aryl methyl sites for hydroxylation is 1. The first-order chi connectivity index (χ1) is 32.9. The molecule has 2 aliphatic carbocycles. The molecule has 4 amide bonds. The third-order valence-corrected chi connectivity index (χ3v) is 14.9. The van der Waals surface area contributed by atoms with Gasteiger partial charge in [-0.1, -0.05) is 101 Å². The molecule has 2 fully saturated rings. The van der Waals surface area contributed by atoms with Gasteiger partial charge in [-0.15, -0.1) is 0 Å². The molecule has 0 aromatic heterocycles. The average molecular weight is 1020 g/mol. The SMILES string of the molecule is CC(CCc1ccccc1)NC(=O)CCC(=O)NC1CCC(Cc2ccc(Cl)cc2)(N(C)C)CC1.CN(C)C1(Cc2cccc(Cl)c2)CCC(NC(=O)CCC(=O)NCc2cc(Cl)cc(Cl)c2)CC1. The van der Waals surface area contributed by atoms with Gasteiger partial charge in [-0.2, -0.15) is 0 Å². The third-order valence-electron chi connectivity index (χ3n) is 14.0. The number of likely N-dealkylation sites (N-methyl/N-ethyl adjacent to an activating group) is 2. The molecule has 2 aliphatic rings. The van der Waals surface area contributed by atoms with E-state index >= 15 is 0 Å². The molecule has 4 aromatic rings. The van der Waals surface area contributed by atoms with E-state index in [1.54, 1.807) is 18.2 Å². The van der Waals surface area contributed by atoms with Crippen LogP contribution < -0.4 is 21.3 Å². The number of amides is 4. The highest BCUT2D eigenvalue weighted by molar-refractivity contribution is 6.34. The number of hydrogen-bond donors (Lipinski definition) is 4. The van der Waals surface area contributed by atoms with E-state index < -0.39 is 0 Å². The minimum absolute atomic E-state index is 0.0304. The molecule has 0 bridgehead atoms. The Hall–Kier alpha value is -4.16. The minimum Gasteiger partial charge on any atom is -0.354 e. The summed E-state index contributed by atoms with van der Waals surface area (Å²) in [6.45, 7) is 2.34. The number of rotatable bonds is 20. The lowest BCUT2D eigenvalue weighted by atomic mass is 9.75. The zero-order chi connectivity index (χ0) is 50.0. The second-order valence-electron chi connectivity index (χ2n) is 19.6. The highest BCUT2D eigenvalue weighted by Gasteiger charge is 2.39. The van der Waals surface area contributed by atoms with Crippen LogP contribution >= 0.6 is 46.4 Å². The van der Waals surface area contributed by atoms with Crippen LogP contribution in [0.25, 0.3) is 0 Å². The largest absolute Gasteiger partial charge is 0.354 e. The van der Waals surface area contributed by atoms with Crippen molar-refractivity contribution in [2.24, 2.45) is 0 Å². The van der Waals surface area contributed by atoms with Crippen molar-refractivity contribution in [1.82, 2.24) is 31.1 Å². The number of carbonyl (C=O) groups is 4. The van der Waals surface area contributed by atoms with E-state index in [9.17, 15) is 19.2 Å². The van der Waals surface area contributed by atoms with E-state index in [2.05, 4.69) is 89.6 Å². The monoisotopic (exact) mass is 1020 g/mol. The number of nitrogens with zero attached hydrogens (tertiary/aromatic N) is 2. The molecule has 4 N–H and O–H groups in total. The first-order valence-corrected chi connectivity index (χ1v) is 25.9. The summed E-state index contributed by atoms with van der Waals surface area (Å²) in [6, 6.07) is 32.0. The molecule has 374 valence electrons. The molecule has 4 aromatic carbocycles. The lowest BCUT2D eigenvalue weighted by Gasteiger charge is -2.45. The molecule has 0 spiro atoms. The fourth-order valence-electron chi connectivity index (χ4n) is 9.68. The fourth-order valence-corrected chi connectivity index (χ4v) is 10.6. The molecule has 2 saturated carbocycles. The van der Waals surface area contributed by atoms with Gasteiger partial charge >= 0.3 is 0 Å². The summed E-state index contributed by atoms with van der Waals surface area (Å²) < 4.78 is 0. The van der Waals surface area contributed by atoms with Crippen LogP contribution in [0.15, 0.2) is 97.1 Å². The lowest BCUT2D eigenvalue weighted by Crippen LogP contribution is -2.52. The molecule has 6 rings (SSSR count). The van der Waals surface area contributed by atoms with E-state index in [0.717, 1.165) is 92.7 Å². The van der Waals surface area contributed by atoms with Crippen LogP contribution in [0.1, 0.15) is 113 Å². The first-order valence-electron chi connectivity index (χ1n) is 24.4. The van der Waals surface area contributed by atoms with Crippen molar-refractivity contribution in [3.63, 3.8) is 0 Å². The van der Waals surface area contributed by atoms with Crippen molar-refractivity contribution in [3.05, 3.63) is 139 Å². The average Bonchev–Trinajstić information content (AvgIpc) is 3.31. The van der Waals surface area contributed by atoms with Gasteiger partial charge in [-0.25, -0.2) is 0 Å². The van der Waals surface area contributed by atoms with Crippen molar-refractivity contribution >= 4 is 70.0 Å². The predicted octanol–water partition coefficient (Wildman–Crippen LogP) is 10.8. The maximum Gasteiger partial charge on any atom is 0.220 e. The van der Waals surface area contributed by atoms with Crippen molar-refractivity contribution in [2.75, 3.05) is 28.2 Å². The van der Waals surface area contributed by atoms with Gasteiger partial charge < -0.3 is 31.1 Å². The minimum atomic E-state index is -0.178. The van der Waals surface area contributed by atoms with E-state index in [1.165, 1.54) is 16.7 Å². The highest BCUT2D eigenvalue weighted by Crippen LogP contribution is 2.37. The molecule has 69 heavy (non-hydrogen) atoms. The summed E-state index contributed by atoms with van der Waals surface area (Å²) in [5.41, 5.74) is 4.75. The zero-order valence-corrected chi connectivity index (χ0v) is 44.1. The standard InChI is InChI=1S/C29H40ClN3O2.C26H32Cl3N3O2/c1-22(9-10-23-7-5-4-6-8-23)31-27(34)15-16-28(35)32-26-17-19-29(20-18-26,33(2)3)21-24-11-13-25(30)14-12-24;1-32(2)26(16-18-4-3-5-20(27)12-18)10-8-23(9-11-26)31-25(34)7-6-24(33)30-17-19-13-21(28)15-22(29)14-19/h4-8,11-14,22,26H,9-10,15-21H2,1-3H3,(H,31,34)(H,32,35);3-5,12-15,23H,6-11,16-17H2,1-2H3,(H,30,33)(H,31,34). The van der Waals surface area contributed by atoms with E-state index in [0.29, 0.717) is 16.6 Å².